The molecule has 108 valence electrons. The lowest BCUT2D eigenvalue weighted by Gasteiger charge is -2.46. The van der Waals surface area contributed by atoms with Crippen LogP contribution in [-0.4, -0.2) is 23.5 Å². The molecule has 3 nitrogen and oxygen atoms in total. The summed E-state index contributed by atoms with van der Waals surface area (Å²) in [7, 11) is 0. The standard InChI is InChI=1S/C18H19NO2/c1-2-13-19-16(14-9-5-3-6-10-14)17(18(19)20)21-15-11-7-4-8-12-15/h3-12,16-17H,2,13H2,1H3/t16-,17+/m1/s1. The lowest BCUT2D eigenvalue weighted by molar-refractivity contribution is -0.164. The van der Waals surface area contributed by atoms with E-state index in [-0.39, 0.29) is 11.9 Å². The molecule has 0 aromatic heterocycles. The zero-order chi connectivity index (χ0) is 14.7. The van der Waals surface area contributed by atoms with Crippen LogP contribution < -0.4 is 4.74 Å². The maximum atomic E-state index is 12.3. The molecule has 0 bridgehead atoms. The van der Waals surface area contributed by atoms with E-state index in [0.29, 0.717) is 0 Å². The second-order valence-corrected chi connectivity index (χ2v) is 5.24. The third-order valence-electron chi connectivity index (χ3n) is 3.76. The van der Waals surface area contributed by atoms with Gasteiger partial charge in [-0.25, -0.2) is 0 Å². The fourth-order valence-electron chi connectivity index (χ4n) is 2.77. The van der Waals surface area contributed by atoms with Crippen LogP contribution in [0.5, 0.6) is 5.75 Å². The number of carbonyl (C=O) groups excluding carboxylic acids is 1. The van der Waals surface area contributed by atoms with E-state index < -0.39 is 6.10 Å². The van der Waals surface area contributed by atoms with Gasteiger partial charge in [0, 0.05) is 6.54 Å². The minimum Gasteiger partial charge on any atom is -0.478 e. The zero-order valence-electron chi connectivity index (χ0n) is 12.1. The van der Waals surface area contributed by atoms with Crippen LogP contribution in [0.25, 0.3) is 0 Å². The van der Waals surface area contributed by atoms with Crippen molar-refractivity contribution in [2.45, 2.75) is 25.5 Å². The van der Waals surface area contributed by atoms with Crippen LogP contribution in [0.2, 0.25) is 0 Å². The number of amides is 1. The molecule has 21 heavy (non-hydrogen) atoms. The normalized spacial score (nSPS) is 21.0. The van der Waals surface area contributed by atoms with Crippen LogP contribution in [-0.2, 0) is 4.79 Å². The van der Waals surface area contributed by atoms with Gasteiger partial charge in [-0.3, -0.25) is 4.79 Å². The fraction of sp³-hybridized carbons (Fsp3) is 0.278. The van der Waals surface area contributed by atoms with Crippen LogP contribution in [0, 0.1) is 0 Å². The molecule has 0 spiro atoms. The van der Waals surface area contributed by atoms with Crippen molar-refractivity contribution in [2.24, 2.45) is 0 Å². The number of benzene rings is 2. The van der Waals surface area contributed by atoms with Gasteiger partial charge in [0.2, 0.25) is 6.10 Å². The van der Waals surface area contributed by atoms with Crippen molar-refractivity contribution in [1.29, 1.82) is 0 Å². The first-order chi connectivity index (χ1) is 10.3. The summed E-state index contributed by atoms with van der Waals surface area (Å²) in [5.41, 5.74) is 1.13. The third-order valence-corrected chi connectivity index (χ3v) is 3.76. The Morgan fingerprint density at radius 1 is 1.00 bits per heavy atom. The Morgan fingerprint density at radius 3 is 2.24 bits per heavy atom. The lowest BCUT2D eigenvalue weighted by Crippen LogP contribution is -2.61. The van der Waals surface area contributed by atoms with Crippen LogP contribution in [0.3, 0.4) is 0 Å². The van der Waals surface area contributed by atoms with Gasteiger partial charge in [-0.05, 0) is 24.1 Å². The monoisotopic (exact) mass is 281 g/mol. The first-order valence-corrected chi connectivity index (χ1v) is 7.38. The number of ether oxygens (including phenoxy) is 1. The van der Waals surface area contributed by atoms with Gasteiger partial charge in [0.05, 0.1) is 0 Å². The predicted molar refractivity (Wildman–Crippen MR) is 82.0 cm³/mol. The average Bonchev–Trinajstić information content (AvgIpc) is 2.55. The van der Waals surface area contributed by atoms with Gasteiger partial charge >= 0.3 is 0 Å². The van der Waals surface area contributed by atoms with Crippen LogP contribution in [0.1, 0.15) is 24.9 Å². The molecule has 0 aliphatic carbocycles. The van der Waals surface area contributed by atoms with Gasteiger partial charge in [-0.2, -0.15) is 0 Å². The number of hydrogen-bond donors (Lipinski definition) is 0. The largest absolute Gasteiger partial charge is 0.478 e. The highest BCUT2D eigenvalue weighted by molar-refractivity contribution is 5.89. The van der Waals surface area contributed by atoms with Gasteiger partial charge < -0.3 is 9.64 Å². The first-order valence-electron chi connectivity index (χ1n) is 7.38. The van der Waals surface area contributed by atoms with Crippen molar-refractivity contribution in [3.63, 3.8) is 0 Å². The van der Waals surface area contributed by atoms with E-state index in [1.54, 1.807) is 0 Å². The van der Waals surface area contributed by atoms with Gasteiger partial charge in [0.1, 0.15) is 11.8 Å². The maximum absolute atomic E-state index is 12.3. The number of rotatable bonds is 5. The van der Waals surface area contributed by atoms with Gasteiger partial charge in [-0.15, -0.1) is 0 Å². The highest BCUT2D eigenvalue weighted by Crippen LogP contribution is 2.37. The van der Waals surface area contributed by atoms with Crippen molar-refractivity contribution in [3.8, 4) is 5.75 Å². The summed E-state index contributed by atoms with van der Waals surface area (Å²) >= 11 is 0. The summed E-state index contributed by atoms with van der Waals surface area (Å²) in [4.78, 5) is 14.2. The Morgan fingerprint density at radius 2 is 1.62 bits per heavy atom. The number of carbonyl (C=O) groups is 1. The number of hydrogen-bond acceptors (Lipinski definition) is 2. The summed E-state index contributed by atoms with van der Waals surface area (Å²) in [6.07, 6.45) is 0.536. The Bertz CT molecular complexity index is 597. The van der Waals surface area contributed by atoms with E-state index in [0.717, 1.165) is 24.3 Å². The quantitative estimate of drug-likeness (QED) is 0.786. The molecule has 0 N–H and O–H groups in total. The molecule has 2 aromatic carbocycles. The number of likely N-dealkylation sites (tertiary alicyclic amines) is 1. The first kappa shape index (κ1) is 13.7. The average molecular weight is 281 g/mol. The highest BCUT2D eigenvalue weighted by atomic mass is 16.5. The SMILES string of the molecule is CCCN1C(=O)[C@@H](Oc2ccccc2)[C@H]1c1ccccc1. The number of β-lactam (4-membered cyclic amide) rings is 1. The molecule has 1 amide bonds. The molecular formula is C18H19NO2. The molecule has 2 atom stereocenters. The summed E-state index contributed by atoms with van der Waals surface area (Å²) in [5.74, 6) is 0.822. The van der Waals surface area contributed by atoms with Crippen LogP contribution in [0.15, 0.2) is 60.7 Å². The Hall–Kier alpha value is -2.29. The molecule has 3 heteroatoms. The topological polar surface area (TPSA) is 29.5 Å². The van der Waals surface area contributed by atoms with Gasteiger partial charge in [-0.1, -0.05) is 55.5 Å². The van der Waals surface area contributed by atoms with E-state index in [2.05, 4.69) is 19.1 Å². The molecule has 1 saturated heterocycles. The molecule has 1 heterocycles. The molecule has 1 fully saturated rings. The Labute approximate surface area is 125 Å². The van der Waals surface area contributed by atoms with Crippen LogP contribution in [0.4, 0.5) is 0 Å². The maximum Gasteiger partial charge on any atom is 0.266 e. The predicted octanol–water partition coefficient (Wildman–Crippen LogP) is 3.43. The second kappa shape index (κ2) is 6.00. The molecule has 3 rings (SSSR count). The lowest BCUT2D eigenvalue weighted by atomic mass is 9.90. The van der Waals surface area contributed by atoms with Crippen molar-refractivity contribution in [2.75, 3.05) is 6.54 Å². The van der Waals surface area contributed by atoms with Gasteiger partial charge in [0.25, 0.3) is 5.91 Å². The number of nitrogens with zero attached hydrogens (tertiary/aromatic N) is 1. The molecular weight excluding hydrogens is 262 g/mol. The fourth-order valence-corrected chi connectivity index (χ4v) is 2.77. The van der Waals surface area contributed by atoms with Crippen LogP contribution >= 0.6 is 0 Å². The molecule has 1 aliphatic rings. The summed E-state index contributed by atoms with van der Waals surface area (Å²) in [6, 6.07) is 19.7. The summed E-state index contributed by atoms with van der Waals surface area (Å²) in [5, 5.41) is 0. The van der Waals surface area contributed by atoms with Crippen molar-refractivity contribution in [3.05, 3.63) is 66.2 Å². The van der Waals surface area contributed by atoms with Crippen molar-refractivity contribution < 1.29 is 9.53 Å². The van der Waals surface area contributed by atoms with E-state index in [1.807, 2.05) is 53.4 Å². The second-order valence-electron chi connectivity index (χ2n) is 5.24. The summed E-state index contributed by atoms with van der Waals surface area (Å²) in [6.45, 7) is 2.85. The minimum absolute atomic E-state index is 0.0128. The Balaban J connectivity index is 1.83. The molecule has 0 saturated carbocycles. The van der Waals surface area contributed by atoms with Crippen molar-refractivity contribution in [1.82, 2.24) is 4.90 Å². The minimum atomic E-state index is -0.415. The molecule has 0 unspecified atom stereocenters. The number of para-hydroxylation sites is 1. The van der Waals surface area contributed by atoms with E-state index >= 15 is 0 Å². The van der Waals surface area contributed by atoms with E-state index in [9.17, 15) is 4.79 Å². The third kappa shape index (κ3) is 2.64. The highest BCUT2D eigenvalue weighted by Gasteiger charge is 2.49. The smallest absolute Gasteiger partial charge is 0.266 e. The summed E-state index contributed by atoms with van der Waals surface area (Å²) < 4.78 is 5.91. The van der Waals surface area contributed by atoms with E-state index in [4.69, 9.17) is 4.74 Å². The molecule has 1 aliphatic heterocycles. The molecule has 0 radical (unpaired) electrons. The van der Waals surface area contributed by atoms with Gasteiger partial charge in [0.15, 0.2) is 0 Å². The van der Waals surface area contributed by atoms with Crippen molar-refractivity contribution >= 4 is 5.91 Å². The van der Waals surface area contributed by atoms with E-state index in [1.165, 1.54) is 0 Å². The molecule has 2 aromatic rings. The zero-order valence-corrected chi connectivity index (χ0v) is 12.1. The Kier molecular flexibility index (Phi) is 3.91.